The summed E-state index contributed by atoms with van der Waals surface area (Å²) in [6.07, 6.45) is 3.51. The molecule has 0 unspecified atom stereocenters. The van der Waals surface area contributed by atoms with Gasteiger partial charge in [0.15, 0.2) is 0 Å². The summed E-state index contributed by atoms with van der Waals surface area (Å²) < 4.78 is 41.5. The summed E-state index contributed by atoms with van der Waals surface area (Å²) in [7, 11) is -4.25. The van der Waals surface area contributed by atoms with Crippen LogP contribution in [0.4, 0.5) is 5.95 Å². The van der Waals surface area contributed by atoms with E-state index < -0.39 is 16.0 Å². The van der Waals surface area contributed by atoms with Crippen molar-refractivity contribution in [1.82, 2.24) is 25.3 Å². The summed E-state index contributed by atoms with van der Waals surface area (Å²) in [5.74, 6) is -0.183. The molecule has 264 valence electrons. The number of hydrogen-bond acceptors (Lipinski definition) is 10. The summed E-state index contributed by atoms with van der Waals surface area (Å²) in [4.78, 5) is 29.6. The van der Waals surface area contributed by atoms with Crippen LogP contribution in [0.2, 0.25) is 0 Å². The first kappa shape index (κ1) is 36.4. The molecule has 0 bridgehead atoms. The molecule has 3 heterocycles. The fraction of sp³-hybridized carbons (Fsp3) is 0.378. The van der Waals surface area contributed by atoms with Crippen molar-refractivity contribution in [3.63, 3.8) is 0 Å². The molecule has 12 nitrogen and oxygen atoms in total. The number of hydrogen-bond donors (Lipinski definition) is 3. The number of sulfonamides is 1. The average Bonchev–Trinajstić information content (AvgIpc) is 3.50. The molecule has 3 aromatic heterocycles. The van der Waals surface area contributed by atoms with Crippen molar-refractivity contribution in [3.05, 3.63) is 88.9 Å². The second-order valence-electron chi connectivity index (χ2n) is 13.4. The van der Waals surface area contributed by atoms with Gasteiger partial charge in [0, 0.05) is 35.7 Å². The predicted molar refractivity (Wildman–Crippen MR) is 192 cm³/mol. The number of carboxylic acids is 1. The lowest BCUT2D eigenvalue weighted by atomic mass is 9.93. The van der Waals surface area contributed by atoms with Gasteiger partial charge in [-0.15, -0.1) is 0 Å². The number of fused-ring (bicyclic) bond motifs is 1. The molecule has 0 fully saturated rings. The van der Waals surface area contributed by atoms with Crippen molar-refractivity contribution < 1.29 is 27.5 Å². The molecule has 50 heavy (non-hydrogen) atoms. The Hall–Kier alpha value is -4.88. The lowest BCUT2D eigenvalue weighted by molar-refractivity contribution is 0.0696. The maximum atomic E-state index is 13.4. The molecule has 0 saturated heterocycles. The highest BCUT2D eigenvalue weighted by atomic mass is 32.2. The topological polar surface area (TPSA) is 169 Å². The molecule has 0 saturated carbocycles. The van der Waals surface area contributed by atoms with Gasteiger partial charge >= 0.3 is 5.97 Å². The van der Waals surface area contributed by atoms with Gasteiger partial charge in [-0.25, -0.2) is 32.9 Å². The van der Waals surface area contributed by atoms with Crippen LogP contribution in [0.25, 0.3) is 22.5 Å². The van der Waals surface area contributed by atoms with E-state index in [2.05, 4.69) is 59.6 Å². The van der Waals surface area contributed by atoms with Gasteiger partial charge in [0.1, 0.15) is 17.9 Å². The SMILES string of the molecule is CCC(CC)[C@H](COc1cc(-c2c(C)cccc2C)nc(NS(=O)(=O)c2cccc(C(=O)O)c2)n1)NCc1cnc2oc(C(C)(C)C)cc2n1. The molecule has 0 amide bonds. The predicted octanol–water partition coefficient (Wildman–Crippen LogP) is 7.07. The number of rotatable bonds is 14. The lowest BCUT2D eigenvalue weighted by Crippen LogP contribution is -2.40. The van der Waals surface area contributed by atoms with Crippen molar-refractivity contribution in [2.24, 2.45) is 5.92 Å². The zero-order valence-corrected chi connectivity index (χ0v) is 30.3. The number of carbonyl (C=O) groups is 1. The third-order valence-corrected chi connectivity index (χ3v) is 9.98. The summed E-state index contributed by atoms with van der Waals surface area (Å²) in [6.45, 7) is 15.1. The van der Waals surface area contributed by atoms with Gasteiger partial charge in [-0.05, 0) is 49.1 Å². The first-order valence-corrected chi connectivity index (χ1v) is 18.1. The molecular weight excluding hydrogens is 657 g/mol. The van der Waals surface area contributed by atoms with E-state index >= 15 is 0 Å². The molecule has 5 aromatic rings. The number of nitrogens with one attached hydrogen (secondary N) is 2. The van der Waals surface area contributed by atoms with Gasteiger partial charge in [-0.1, -0.05) is 71.7 Å². The molecule has 0 aliphatic carbocycles. The van der Waals surface area contributed by atoms with Crippen LogP contribution in [0.3, 0.4) is 0 Å². The quantitative estimate of drug-likeness (QED) is 0.108. The lowest BCUT2D eigenvalue weighted by Gasteiger charge is -2.26. The minimum absolute atomic E-state index is 0.102. The Kier molecular flexibility index (Phi) is 10.9. The molecule has 1 atom stereocenters. The van der Waals surface area contributed by atoms with Gasteiger partial charge in [-0.2, -0.15) is 4.98 Å². The molecule has 0 aliphatic heterocycles. The van der Waals surface area contributed by atoms with Gasteiger partial charge < -0.3 is 19.6 Å². The standard InChI is InChI=1S/C37H44N6O6S/c1-8-24(9-2)30(38-19-26-20-39-34-29(40-26)17-31(49-34)37(5,6)7)21-48-32-18-28(33-22(3)12-10-13-23(33)4)41-36(42-32)43-50(46,47)27-15-11-14-25(16-27)35(44)45/h10-18,20,24,30,38H,8-9,19,21H2,1-7H3,(H,44,45)(H,41,42,43)/t30-/m0/s1. The second kappa shape index (κ2) is 14.9. The monoisotopic (exact) mass is 700 g/mol. The van der Waals surface area contributed by atoms with E-state index in [1.807, 2.05) is 38.1 Å². The van der Waals surface area contributed by atoms with E-state index in [1.54, 1.807) is 12.3 Å². The van der Waals surface area contributed by atoms with Crippen molar-refractivity contribution in [3.8, 4) is 17.1 Å². The highest BCUT2D eigenvalue weighted by molar-refractivity contribution is 7.92. The minimum Gasteiger partial charge on any atom is -0.478 e. The van der Waals surface area contributed by atoms with Crippen molar-refractivity contribution in [2.75, 3.05) is 11.3 Å². The fourth-order valence-electron chi connectivity index (χ4n) is 5.81. The molecule has 5 rings (SSSR count). The van der Waals surface area contributed by atoms with E-state index in [0.29, 0.717) is 23.5 Å². The van der Waals surface area contributed by atoms with Crippen molar-refractivity contribution in [2.45, 2.75) is 84.2 Å². The van der Waals surface area contributed by atoms with Crippen molar-refractivity contribution in [1.29, 1.82) is 0 Å². The number of furan rings is 1. The normalized spacial score (nSPS) is 12.7. The Morgan fingerprint density at radius 2 is 1.68 bits per heavy atom. The highest BCUT2D eigenvalue weighted by Crippen LogP contribution is 2.30. The van der Waals surface area contributed by atoms with E-state index in [0.717, 1.165) is 47.1 Å². The average molecular weight is 701 g/mol. The van der Waals surface area contributed by atoms with Gasteiger partial charge in [0.2, 0.25) is 17.5 Å². The number of benzene rings is 2. The van der Waals surface area contributed by atoms with Crippen LogP contribution in [0.15, 0.2) is 70.1 Å². The Bertz CT molecular complexity index is 2080. The number of aromatic nitrogens is 4. The zero-order valence-electron chi connectivity index (χ0n) is 29.4. The van der Waals surface area contributed by atoms with E-state index in [9.17, 15) is 18.3 Å². The summed E-state index contributed by atoms with van der Waals surface area (Å²) in [5.41, 5.74) is 4.84. The number of aryl methyl sites for hydroxylation is 2. The Morgan fingerprint density at radius 1 is 0.980 bits per heavy atom. The number of anilines is 1. The van der Waals surface area contributed by atoms with E-state index in [-0.39, 0.29) is 46.3 Å². The van der Waals surface area contributed by atoms with E-state index in [1.165, 1.54) is 18.2 Å². The number of ether oxygens (including phenoxy) is 1. The van der Waals surface area contributed by atoms with Gasteiger partial charge in [0.05, 0.1) is 28.0 Å². The van der Waals surface area contributed by atoms with Crippen LogP contribution in [0, 0.1) is 19.8 Å². The third-order valence-electron chi connectivity index (χ3n) is 8.66. The number of carboxylic acid groups (broad SMARTS) is 1. The molecule has 13 heteroatoms. The minimum atomic E-state index is -4.25. The number of aromatic carboxylic acids is 1. The van der Waals surface area contributed by atoms with E-state index in [4.69, 9.17) is 14.1 Å². The fourth-order valence-corrected chi connectivity index (χ4v) is 6.80. The van der Waals surface area contributed by atoms with Gasteiger partial charge in [-0.3, -0.25) is 0 Å². The Morgan fingerprint density at radius 3 is 2.34 bits per heavy atom. The van der Waals surface area contributed by atoms with Crippen LogP contribution < -0.4 is 14.8 Å². The second-order valence-corrected chi connectivity index (χ2v) is 15.1. The molecule has 0 spiro atoms. The van der Waals surface area contributed by atoms with Crippen LogP contribution in [-0.4, -0.2) is 52.1 Å². The zero-order chi connectivity index (χ0) is 36.2. The summed E-state index contributed by atoms with van der Waals surface area (Å²) in [5, 5.41) is 13.0. The van der Waals surface area contributed by atoms with Crippen LogP contribution in [0.5, 0.6) is 5.88 Å². The third kappa shape index (κ3) is 8.45. The molecule has 0 aliphatic rings. The Labute approximate surface area is 292 Å². The summed E-state index contributed by atoms with van der Waals surface area (Å²) >= 11 is 0. The van der Waals surface area contributed by atoms with Crippen LogP contribution in [0.1, 0.15) is 80.4 Å². The molecule has 0 radical (unpaired) electrons. The van der Waals surface area contributed by atoms with Crippen molar-refractivity contribution >= 4 is 33.2 Å². The first-order chi connectivity index (χ1) is 23.7. The molecular formula is C37H44N6O6S. The molecule has 2 aromatic carbocycles. The largest absolute Gasteiger partial charge is 0.478 e. The number of nitrogens with zero attached hydrogens (tertiary/aromatic N) is 4. The maximum absolute atomic E-state index is 13.4. The molecule has 3 N–H and O–H groups in total. The Balaban J connectivity index is 1.43. The van der Waals surface area contributed by atoms with Gasteiger partial charge in [0.25, 0.3) is 10.0 Å². The smallest absolute Gasteiger partial charge is 0.335 e. The summed E-state index contributed by atoms with van der Waals surface area (Å²) in [6, 6.07) is 14.5. The van der Waals surface area contributed by atoms with Crippen LogP contribution >= 0.6 is 0 Å². The van der Waals surface area contributed by atoms with Crippen LogP contribution in [-0.2, 0) is 22.0 Å². The highest BCUT2D eigenvalue weighted by Gasteiger charge is 2.24. The first-order valence-electron chi connectivity index (χ1n) is 16.6. The maximum Gasteiger partial charge on any atom is 0.335 e.